The van der Waals surface area contributed by atoms with Gasteiger partial charge in [-0.3, -0.25) is 4.72 Å². The molecular weight excluding hydrogens is 316 g/mol. The molecule has 3 N–H and O–H groups in total. The lowest BCUT2D eigenvalue weighted by Crippen LogP contribution is -2.10. The number of nitrogens with zero attached hydrogens (tertiary/aromatic N) is 2. The van der Waals surface area contributed by atoms with Gasteiger partial charge in [0.05, 0.1) is 17.6 Å². The molecule has 0 aromatic carbocycles. The maximum atomic E-state index is 12.1. The van der Waals surface area contributed by atoms with E-state index in [1.165, 1.54) is 18.3 Å². The third-order valence-corrected chi connectivity index (χ3v) is 5.78. The molecule has 0 aliphatic rings. The van der Waals surface area contributed by atoms with Gasteiger partial charge < -0.3 is 5.73 Å². The molecule has 0 saturated carbocycles. The monoisotopic (exact) mass is 324 g/mol. The molecule has 0 aliphatic heterocycles. The van der Waals surface area contributed by atoms with E-state index in [9.17, 15) is 8.42 Å². The quantitative estimate of drug-likeness (QED) is 0.824. The topological polar surface area (TPSA) is 109 Å². The summed E-state index contributed by atoms with van der Waals surface area (Å²) in [6, 6.07) is 4.73. The van der Waals surface area contributed by atoms with Crippen molar-refractivity contribution in [1.29, 1.82) is 5.26 Å². The Morgan fingerprint density at radius 1 is 1.35 bits per heavy atom. The van der Waals surface area contributed by atoms with Crippen LogP contribution in [0.1, 0.15) is 9.75 Å². The number of nitrogens with two attached hydrogens (primary N) is 1. The minimum absolute atomic E-state index is 0.0684. The first-order valence-electron chi connectivity index (χ1n) is 5.22. The molecule has 0 amide bonds. The molecule has 2 aromatic heterocycles. The summed E-state index contributed by atoms with van der Waals surface area (Å²) in [5.74, 6) is 5.43. The number of nitrogens with one attached hydrogen (secondary N) is 1. The molecule has 2 heterocycles. The Hall–Kier alpha value is -1.91. The number of anilines is 1. The van der Waals surface area contributed by atoms with Crippen molar-refractivity contribution in [2.24, 2.45) is 5.73 Å². The van der Waals surface area contributed by atoms with E-state index in [1.54, 1.807) is 0 Å². The molecule has 0 atom stereocenters. The Labute approximate surface area is 123 Å². The highest BCUT2D eigenvalue weighted by Crippen LogP contribution is 2.25. The molecule has 6 nitrogen and oxygen atoms in total. The Morgan fingerprint density at radius 2 is 2.15 bits per heavy atom. The molecule has 0 unspecified atom stereocenters. The summed E-state index contributed by atoms with van der Waals surface area (Å²) in [7, 11) is -3.72. The third-order valence-electron chi connectivity index (χ3n) is 2.00. The number of aromatic nitrogens is 1. The molecular formula is C11H8N4O2S3. The van der Waals surface area contributed by atoms with Crippen molar-refractivity contribution >= 4 is 37.8 Å². The summed E-state index contributed by atoms with van der Waals surface area (Å²) >= 11 is 2.02. The number of nitriles is 1. The number of rotatable bonds is 3. The molecule has 9 heteroatoms. The van der Waals surface area contributed by atoms with Crippen LogP contribution in [-0.4, -0.2) is 19.9 Å². The summed E-state index contributed by atoms with van der Waals surface area (Å²) in [5, 5.41) is 8.92. The van der Waals surface area contributed by atoms with Gasteiger partial charge in [-0.25, -0.2) is 13.4 Å². The largest absolute Gasteiger partial charge is 0.320 e. The van der Waals surface area contributed by atoms with Crippen LogP contribution in [0.4, 0.5) is 5.13 Å². The van der Waals surface area contributed by atoms with Crippen LogP contribution in [-0.2, 0) is 10.0 Å². The average molecular weight is 324 g/mol. The van der Waals surface area contributed by atoms with Crippen LogP contribution in [0, 0.1) is 23.2 Å². The Kier molecular flexibility index (Phi) is 4.37. The van der Waals surface area contributed by atoms with Crippen molar-refractivity contribution in [2.75, 3.05) is 11.3 Å². The standard InChI is InChI=1S/C11H8N4O2S3/c12-5-1-2-9-7-14-11(19-9)15-20(16,17)10-4-3-8(6-13)18-10/h3-4,7H,5,12H2,(H,14,15). The van der Waals surface area contributed by atoms with Gasteiger partial charge in [0, 0.05) is 0 Å². The summed E-state index contributed by atoms with van der Waals surface area (Å²) in [4.78, 5) is 4.89. The highest BCUT2D eigenvalue weighted by atomic mass is 32.2. The fourth-order valence-corrected chi connectivity index (χ4v) is 4.24. The fraction of sp³-hybridized carbons (Fsp3) is 0.0909. The van der Waals surface area contributed by atoms with Gasteiger partial charge in [0.1, 0.15) is 15.2 Å². The van der Waals surface area contributed by atoms with Crippen LogP contribution in [0.5, 0.6) is 0 Å². The molecule has 0 spiro atoms. The Balaban J connectivity index is 2.20. The van der Waals surface area contributed by atoms with Crippen LogP contribution in [0.3, 0.4) is 0 Å². The highest BCUT2D eigenvalue weighted by molar-refractivity contribution is 7.94. The summed E-state index contributed by atoms with van der Waals surface area (Å²) in [5.41, 5.74) is 5.25. The van der Waals surface area contributed by atoms with E-state index in [2.05, 4.69) is 21.5 Å². The Bertz CT molecular complexity index is 818. The highest BCUT2D eigenvalue weighted by Gasteiger charge is 2.18. The Morgan fingerprint density at radius 3 is 2.80 bits per heavy atom. The number of hydrogen-bond donors (Lipinski definition) is 2. The number of thiophene rings is 1. The zero-order valence-corrected chi connectivity index (χ0v) is 12.4. The van der Waals surface area contributed by atoms with E-state index in [-0.39, 0.29) is 15.9 Å². The summed E-state index contributed by atoms with van der Waals surface area (Å²) in [6.45, 7) is 0.227. The van der Waals surface area contributed by atoms with Crippen molar-refractivity contribution < 1.29 is 8.42 Å². The molecule has 2 aromatic rings. The van der Waals surface area contributed by atoms with E-state index >= 15 is 0 Å². The second-order valence-corrected chi connectivity index (χ2v) is 7.40. The van der Waals surface area contributed by atoms with Crippen LogP contribution in [0.2, 0.25) is 0 Å². The fourth-order valence-electron chi connectivity index (χ4n) is 1.21. The van der Waals surface area contributed by atoms with Crippen LogP contribution < -0.4 is 10.5 Å². The zero-order chi connectivity index (χ0) is 14.6. The zero-order valence-electron chi connectivity index (χ0n) is 9.95. The molecule has 0 radical (unpaired) electrons. The summed E-state index contributed by atoms with van der Waals surface area (Å²) < 4.78 is 26.5. The van der Waals surface area contributed by atoms with Gasteiger partial charge in [0.25, 0.3) is 10.0 Å². The van der Waals surface area contributed by atoms with Crippen molar-refractivity contribution in [3.05, 3.63) is 28.1 Å². The number of thiazole rings is 1. The van der Waals surface area contributed by atoms with E-state index in [4.69, 9.17) is 11.0 Å². The predicted octanol–water partition coefficient (Wildman–Crippen LogP) is 1.19. The third kappa shape index (κ3) is 3.35. The molecule has 0 bridgehead atoms. The molecule has 2 rings (SSSR count). The SMILES string of the molecule is N#Cc1ccc(S(=O)(=O)Nc2ncc(C#CCN)s2)s1. The van der Waals surface area contributed by atoms with Gasteiger partial charge >= 0.3 is 0 Å². The maximum absolute atomic E-state index is 12.1. The van der Waals surface area contributed by atoms with Crippen LogP contribution in [0.25, 0.3) is 0 Å². The maximum Gasteiger partial charge on any atom is 0.273 e. The first-order chi connectivity index (χ1) is 9.55. The average Bonchev–Trinajstić information content (AvgIpc) is 3.04. The summed E-state index contributed by atoms with van der Waals surface area (Å²) in [6.07, 6.45) is 1.47. The molecule has 20 heavy (non-hydrogen) atoms. The van der Waals surface area contributed by atoms with Gasteiger partial charge in [-0.15, -0.1) is 11.3 Å². The van der Waals surface area contributed by atoms with Gasteiger partial charge in [-0.1, -0.05) is 23.2 Å². The van der Waals surface area contributed by atoms with E-state index < -0.39 is 10.0 Å². The van der Waals surface area contributed by atoms with Crippen LogP contribution >= 0.6 is 22.7 Å². The van der Waals surface area contributed by atoms with E-state index in [0.29, 0.717) is 9.75 Å². The first-order valence-corrected chi connectivity index (χ1v) is 8.34. The van der Waals surface area contributed by atoms with Crippen molar-refractivity contribution in [3.63, 3.8) is 0 Å². The lowest BCUT2D eigenvalue weighted by atomic mass is 10.5. The number of sulfonamides is 1. The van der Waals surface area contributed by atoms with E-state index in [1.807, 2.05) is 6.07 Å². The van der Waals surface area contributed by atoms with E-state index in [0.717, 1.165) is 22.7 Å². The van der Waals surface area contributed by atoms with Crippen molar-refractivity contribution in [1.82, 2.24) is 4.98 Å². The first kappa shape index (κ1) is 14.5. The van der Waals surface area contributed by atoms with Gasteiger partial charge in [0.2, 0.25) is 0 Å². The molecule has 0 aliphatic carbocycles. The minimum Gasteiger partial charge on any atom is -0.320 e. The number of hydrogen-bond acceptors (Lipinski definition) is 7. The second-order valence-electron chi connectivity index (χ2n) is 3.37. The molecule has 102 valence electrons. The van der Waals surface area contributed by atoms with Crippen molar-refractivity contribution in [3.8, 4) is 17.9 Å². The lowest BCUT2D eigenvalue weighted by Gasteiger charge is -2.00. The van der Waals surface area contributed by atoms with Gasteiger partial charge in [0.15, 0.2) is 5.13 Å². The van der Waals surface area contributed by atoms with Crippen LogP contribution in [0.15, 0.2) is 22.5 Å². The smallest absolute Gasteiger partial charge is 0.273 e. The second kappa shape index (κ2) is 6.03. The minimum atomic E-state index is -3.72. The lowest BCUT2D eigenvalue weighted by molar-refractivity contribution is 0.603. The van der Waals surface area contributed by atoms with Gasteiger partial charge in [-0.2, -0.15) is 5.26 Å². The molecule has 0 saturated heterocycles. The normalized spacial score (nSPS) is 10.4. The molecule has 0 fully saturated rings. The van der Waals surface area contributed by atoms with Gasteiger partial charge in [-0.05, 0) is 12.1 Å². The predicted molar refractivity (Wildman–Crippen MR) is 77.9 cm³/mol. The van der Waals surface area contributed by atoms with Crippen molar-refractivity contribution in [2.45, 2.75) is 4.21 Å².